The molecule has 0 saturated heterocycles. The number of phenolic OH excluding ortho intramolecular Hbond substituents is 1. The molecule has 4 N–H and O–H groups in total. The van der Waals surface area contributed by atoms with Gasteiger partial charge in [0.1, 0.15) is 0 Å². The fourth-order valence-electron chi connectivity index (χ4n) is 1.01. The first kappa shape index (κ1) is 12.6. The van der Waals surface area contributed by atoms with Crippen LogP contribution >= 0.6 is 0 Å². The fourth-order valence-corrected chi connectivity index (χ4v) is 1.86. The zero-order chi connectivity index (χ0) is 12.3. The molecule has 0 bridgehead atoms. The van der Waals surface area contributed by atoms with Crippen LogP contribution in [0.5, 0.6) is 11.5 Å². The summed E-state index contributed by atoms with van der Waals surface area (Å²) >= 11 is -5.34. The number of para-hydroxylation sites is 1. The Hall–Kier alpha value is -1.43. The van der Waals surface area contributed by atoms with Crippen molar-refractivity contribution in [3.05, 3.63) is 18.2 Å². The SMILES string of the molecule is CC(=O)Nc1cccc(O[As](=O)(O)O)c1O. The molecule has 0 aliphatic carbocycles. The monoisotopic (exact) mass is 291 g/mol. The van der Waals surface area contributed by atoms with Crippen LogP contribution in [0.2, 0.25) is 0 Å². The number of carbonyl (C=O) groups excluding carboxylic acids is 1. The molecular formula is C8H10AsNO6. The molecule has 7 nitrogen and oxygen atoms in total. The number of aromatic hydroxyl groups is 1. The van der Waals surface area contributed by atoms with Crippen LogP contribution in [0.15, 0.2) is 18.2 Å². The summed E-state index contributed by atoms with van der Waals surface area (Å²) in [6.07, 6.45) is 0. The van der Waals surface area contributed by atoms with Crippen LogP contribution in [0.25, 0.3) is 0 Å². The Morgan fingerprint density at radius 3 is 2.56 bits per heavy atom. The molecule has 0 unspecified atom stereocenters. The second-order valence-corrected chi connectivity index (χ2v) is 5.36. The van der Waals surface area contributed by atoms with E-state index in [9.17, 15) is 13.6 Å². The van der Waals surface area contributed by atoms with Crippen LogP contribution < -0.4 is 9.04 Å². The Labute approximate surface area is 94.0 Å². The van der Waals surface area contributed by atoms with E-state index < -0.39 is 26.2 Å². The van der Waals surface area contributed by atoms with Crippen LogP contribution in [-0.4, -0.2) is 33.7 Å². The van der Waals surface area contributed by atoms with E-state index in [2.05, 4.69) is 9.04 Å². The number of nitrogens with one attached hydrogen (secondary N) is 1. The number of rotatable bonds is 3. The summed E-state index contributed by atoms with van der Waals surface area (Å²) in [7, 11) is 0. The Morgan fingerprint density at radius 2 is 2.06 bits per heavy atom. The van der Waals surface area contributed by atoms with Gasteiger partial charge < -0.3 is 0 Å². The molecule has 1 aromatic carbocycles. The van der Waals surface area contributed by atoms with E-state index >= 15 is 0 Å². The zero-order valence-corrected chi connectivity index (χ0v) is 10.1. The summed E-state index contributed by atoms with van der Waals surface area (Å²) in [4.78, 5) is 10.7. The fraction of sp³-hybridized carbons (Fsp3) is 0.125. The normalized spacial score (nSPS) is 10.9. The molecular weight excluding hydrogens is 281 g/mol. The standard InChI is InChI=1S/C8H10AsNO6/c1-5(11)10-6-3-2-4-7(8(6)12)16-9(13,14)15/h2-4,12H,1H3,(H,10,11)(H2,13,14,15). The summed E-state index contributed by atoms with van der Waals surface area (Å²) in [5, 5.41) is 11.8. The summed E-state index contributed by atoms with van der Waals surface area (Å²) in [6.45, 7) is 1.24. The predicted molar refractivity (Wildman–Crippen MR) is 53.9 cm³/mol. The van der Waals surface area contributed by atoms with E-state index in [1.807, 2.05) is 0 Å². The maximum absolute atomic E-state index is 10.7. The van der Waals surface area contributed by atoms with Gasteiger partial charge in [0.05, 0.1) is 0 Å². The summed E-state index contributed by atoms with van der Waals surface area (Å²) in [5.74, 6) is -1.32. The number of hydrogen-bond donors (Lipinski definition) is 4. The van der Waals surface area contributed by atoms with Crippen LogP contribution in [0.3, 0.4) is 0 Å². The molecule has 1 rings (SSSR count). The van der Waals surface area contributed by atoms with Gasteiger partial charge in [-0.15, -0.1) is 0 Å². The molecule has 0 aliphatic heterocycles. The van der Waals surface area contributed by atoms with E-state index in [1.54, 1.807) is 0 Å². The van der Waals surface area contributed by atoms with Crippen molar-refractivity contribution in [1.82, 2.24) is 0 Å². The molecule has 0 fully saturated rings. The van der Waals surface area contributed by atoms with Gasteiger partial charge in [0.25, 0.3) is 0 Å². The van der Waals surface area contributed by atoms with Gasteiger partial charge in [-0.05, 0) is 0 Å². The molecule has 1 aromatic rings. The van der Waals surface area contributed by atoms with Crippen molar-refractivity contribution in [3.63, 3.8) is 0 Å². The van der Waals surface area contributed by atoms with Gasteiger partial charge in [0, 0.05) is 0 Å². The number of anilines is 1. The molecule has 0 spiro atoms. The van der Waals surface area contributed by atoms with Crippen LogP contribution in [0.4, 0.5) is 5.69 Å². The number of amides is 1. The molecule has 0 radical (unpaired) electrons. The summed E-state index contributed by atoms with van der Waals surface area (Å²) in [6, 6.07) is 3.93. The topological polar surface area (TPSA) is 116 Å². The minimum atomic E-state index is -5.34. The van der Waals surface area contributed by atoms with E-state index in [4.69, 9.17) is 8.19 Å². The zero-order valence-electron chi connectivity index (χ0n) is 8.25. The van der Waals surface area contributed by atoms with Crippen molar-refractivity contribution in [2.75, 3.05) is 5.32 Å². The number of phenols is 1. The van der Waals surface area contributed by atoms with Gasteiger partial charge in [-0.1, -0.05) is 0 Å². The molecule has 0 saturated carbocycles. The first-order valence-corrected chi connectivity index (χ1v) is 7.35. The van der Waals surface area contributed by atoms with Crippen LogP contribution in [0.1, 0.15) is 6.92 Å². The Morgan fingerprint density at radius 1 is 1.44 bits per heavy atom. The molecule has 0 heterocycles. The predicted octanol–water partition coefficient (Wildman–Crippen LogP) is -0.420. The molecule has 0 aliphatic rings. The molecule has 0 atom stereocenters. The maximum atomic E-state index is 10.7. The first-order valence-electron chi connectivity index (χ1n) is 4.14. The third-order valence-corrected chi connectivity index (χ3v) is 2.44. The van der Waals surface area contributed by atoms with Crippen molar-refractivity contribution in [2.24, 2.45) is 0 Å². The van der Waals surface area contributed by atoms with Gasteiger partial charge in [0.2, 0.25) is 0 Å². The van der Waals surface area contributed by atoms with Gasteiger partial charge in [-0.3, -0.25) is 0 Å². The summed E-state index contributed by atoms with van der Waals surface area (Å²) in [5.41, 5.74) is 0.0222. The Kier molecular flexibility index (Phi) is 3.64. The van der Waals surface area contributed by atoms with E-state index in [-0.39, 0.29) is 11.4 Å². The van der Waals surface area contributed by atoms with Crippen molar-refractivity contribution >= 4 is 26.1 Å². The molecule has 16 heavy (non-hydrogen) atoms. The third-order valence-electron chi connectivity index (χ3n) is 1.53. The van der Waals surface area contributed by atoms with Gasteiger partial charge >= 0.3 is 93.6 Å². The Bertz CT molecular complexity index is 454. The number of carbonyl (C=O) groups is 1. The van der Waals surface area contributed by atoms with Crippen molar-refractivity contribution < 1.29 is 25.6 Å². The van der Waals surface area contributed by atoms with E-state index in [0.29, 0.717) is 0 Å². The molecule has 0 aromatic heterocycles. The first-order chi connectivity index (χ1) is 7.29. The van der Waals surface area contributed by atoms with Crippen molar-refractivity contribution in [3.8, 4) is 11.5 Å². The van der Waals surface area contributed by atoms with Gasteiger partial charge in [-0.2, -0.15) is 0 Å². The van der Waals surface area contributed by atoms with Gasteiger partial charge in [-0.25, -0.2) is 0 Å². The average molecular weight is 291 g/mol. The van der Waals surface area contributed by atoms with E-state index in [1.165, 1.54) is 25.1 Å². The molecule has 8 heteroatoms. The second-order valence-electron chi connectivity index (χ2n) is 2.92. The number of hydrogen-bond acceptors (Lipinski definition) is 4. The average Bonchev–Trinajstić information content (AvgIpc) is 2.09. The van der Waals surface area contributed by atoms with Crippen molar-refractivity contribution in [2.45, 2.75) is 6.92 Å². The quantitative estimate of drug-likeness (QED) is 0.444. The van der Waals surface area contributed by atoms with E-state index in [0.717, 1.165) is 0 Å². The second kappa shape index (κ2) is 4.61. The Balaban J connectivity index is 3.04. The van der Waals surface area contributed by atoms with Gasteiger partial charge in [0.15, 0.2) is 0 Å². The van der Waals surface area contributed by atoms with Crippen LogP contribution in [-0.2, 0) is 8.53 Å². The molecule has 1 amide bonds. The number of benzene rings is 1. The summed E-state index contributed by atoms with van der Waals surface area (Å²) < 4.78 is 32.1. The third kappa shape index (κ3) is 3.62. The minimum absolute atomic E-state index is 0.0222. The van der Waals surface area contributed by atoms with Crippen molar-refractivity contribution in [1.29, 1.82) is 0 Å². The van der Waals surface area contributed by atoms with Crippen LogP contribution in [0, 0.1) is 0 Å². The molecule has 88 valence electrons.